The number of nitrogens with one attached hydrogen (secondary N) is 1. The second-order valence-electron chi connectivity index (χ2n) is 5.53. The van der Waals surface area contributed by atoms with E-state index in [1.54, 1.807) is 0 Å². The topological polar surface area (TPSA) is 75.4 Å². The molecule has 0 aromatic heterocycles. The maximum absolute atomic E-state index is 12.1. The van der Waals surface area contributed by atoms with Crippen molar-refractivity contribution in [1.82, 2.24) is 9.62 Å². The zero-order chi connectivity index (χ0) is 15.1. The highest BCUT2D eigenvalue weighted by molar-refractivity contribution is 7.88. The van der Waals surface area contributed by atoms with Crippen LogP contribution in [0.4, 0.5) is 0 Å². The fraction of sp³-hybridized carbons (Fsp3) is 0.600. The second-order valence-corrected chi connectivity index (χ2v) is 7.34. The maximum Gasteiger partial charge on any atom is 0.215 e. The van der Waals surface area contributed by atoms with E-state index >= 15 is 0 Å². The predicted molar refractivity (Wildman–Crippen MR) is 85.3 cm³/mol. The molecule has 0 amide bonds. The molecule has 21 heavy (non-hydrogen) atoms. The third-order valence-corrected chi connectivity index (χ3v) is 5.19. The zero-order valence-electron chi connectivity index (χ0n) is 12.4. The lowest BCUT2D eigenvalue weighted by molar-refractivity contribution is 0.334. The minimum Gasteiger partial charge on any atom is -0.326 e. The molecular formula is C15H25N3O2S. The molecule has 1 aromatic rings. The first-order chi connectivity index (χ1) is 10.1. The molecule has 1 aliphatic rings. The Bertz CT molecular complexity index is 540. The molecule has 0 bridgehead atoms. The Morgan fingerprint density at radius 2 is 1.81 bits per heavy atom. The number of benzene rings is 1. The largest absolute Gasteiger partial charge is 0.326 e. The van der Waals surface area contributed by atoms with Gasteiger partial charge < -0.3 is 10.6 Å². The van der Waals surface area contributed by atoms with Crippen LogP contribution in [-0.2, 0) is 22.3 Å². The van der Waals surface area contributed by atoms with Crippen LogP contribution in [0.3, 0.4) is 0 Å². The smallest absolute Gasteiger partial charge is 0.215 e. The molecule has 1 aliphatic heterocycles. The molecule has 6 heteroatoms. The van der Waals surface area contributed by atoms with Gasteiger partial charge in [0.15, 0.2) is 0 Å². The molecule has 0 atom stereocenters. The molecule has 0 unspecified atom stereocenters. The fourth-order valence-electron chi connectivity index (χ4n) is 2.69. The van der Waals surface area contributed by atoms with Gasteiger partial charge in [0.25, 0.3) is 0 Å². The van der Waals surface area contributed by atoms with Crippen LogP contribution in [0.25, 0.3) is 0 Å². The van der Waals surface area contributed by atoms with Gasteiger partial charge in [0.1, 0.15) is 0 Å². The summed E-state index contributed by atoms with van der Waals surface area (Å²) in [5.74, 6) is 0.00406. The Labute approximate surface area is 127 Å². The summed E-state index contributed by atoms with van der Waals surface area (Å²) < 4.78 is 26.9. The maximum atomic E-state index is 12.1. The van der Waals surface area contributed by atoms with Crippen LogP contribution < -0.4 is 10.5 Å². The van der Waals surface area contributed by atoms with Gasteiger partial charge >= 0.3 is 0 Å². The van der Waals surface area contributed by atoms with E-state index in [1.165, 1.54) is 12.8 Å². The number of nitrogens with zero attached hydrogens (tertiary/aromatic N) is 1. The summed E-state index contributed by atoms with van der Waals surface area (Å²) >= 11 is 0. The van der Waals surface area contributed by atoms with Crippen LogP contribution in [-0.4, -0.2) is 39.5 Å². The van der Waals surface area contributed by atoms with E-state index < -0.39 is 10.0 Å². The molecule has 3 N–H and O–H groups in total. The molecule has 0 aliphatic carbocycles. The quantitative estimate of drug-likeness (QED) is 0.704. The monoisotopic (exact) mass is 311 g/mol. The minimum absolute atomic E-state index is 0.00406. The lowest BCUT2D eigenvalue weighted by atomic mass is 10.1. The van der Waals surface area contributed by atoms with Gasteiger partial charge in [-0.05, 0) is 50.0 Å². The zero-order valence-corrected chi connectivity index (χ0v) is 13.2. The number of sulfonamides is 1. The predicted octanol–water partition coefficient (Wildman–Crippen LogP) is 1.05. The van der Waals surface area contributed by atoms with Gasteiger partial charge in [-0.25, -0.2) is 13.1 Å². The molecule has 0 radical (unpaired) electrons. The summed E-state index contributed by atoms with van der Waals surface area (Å²) in [6, 6.07) is 7.42. The molecule has 5 nitrogen and oxygen atoms in total. The van der Waals surface area contributed by atoms with E-state index in [0.29, 0.717) is 13.1 Å². The first kappa shape index (κ1) is 16.4. The van der Waals surface area contributed by atoms with Crippen molar-refractivity contribution in [2.24, 2.45) is 5.73 Å². The van der Waals surface area contributed by atoms with E-state index in [4.69, 9.17) is 5.73 Å². The lowest BCUT2D eigenvalue weighted by Gasteiger charge is -2.14. The number of nitrogens with two attached hydrogens (primary N) is 1. The van der Waals surface area contributed by atoms with Crippen LogP contribution in [0.15, 0.2) is 24.3 Å². The molecule has 118 valence electrons. The van der Waals surface area contributed by atoms with Crippen molar-refractivity contribution in [3.8, 4) is 0 Å². The second kappa shape index (κ2) is 7.89. The van der Waals surface area contributed by atoms with Gasteiger partial charge in [0.2, 0.25) is 10.0 Å². The van der Waals surface area contributed by atoms with Gasteiger partial charge in [0, 0.05) is 13.1 Å². The van der Waals surface area contributed by atoms with Crippen molar-refractivity contribution in [3.63, 3.8) is 0 Å². The molecule has 1 heterocycles. The van der Waals surface area contributed by atoms with Crippen molar-refractivity contribution < 1.29 is 8.42 Å². The summed E-state index contributed by atoms with van der Waals surface area (Å²) in [4.78, 5) is 2.39. The van der Waals surface area contributed by atoms with Crippen molar-refractivity contribution in [1.29, 1.82) is 0 Å². The number of hydrogen-bond acceptors (Lipinski definition) is 4. The standard InChI is InChI=1S/C15H25N3O2S/c16-12-14-6-1-2-7-15(14)13-21(19,20)17-8-5-11-18-9-3-4-10-18/h1-2,6-7,17H,3-5,8-13,16H2. The summed E-state index contributed by atoms with van der Waals surface area (Å²) in [6.45, 7) is 4.14. The molecule has 1 fully saturated rings. The number of hydrogen-bond donors (Lipinski definition) is 2. The third-order valence-electron chi connectivity index (χ3n) is 3.86. The summed E-state index contributed by atoms with van der Waals surface area (Å²) in [7, 11) is -3.29. The minimum atomic E-state index is -3.29. The molecule has 1 saturated heterocycles. The third kappa shape index (κ3) is 5.39. The van der Waals surface area contributed by atoms with Gasteiger partial charge in [-0.2, -0.15) is 0 Å². The summed E-state index contributed by atoms with van der Waals surface area (Å²) in [6.07, 6.45) is 3.39. The lowest BCUT2D eigenvalue weighted by Crippen LogP contribution is -2.29. The Kier molecular flexibility index (Phi) is 6.17. The van der Waals surface area contributed by atoms with Crippen LogP contribution in [0, 0.1) is 0 Å². The van der Waals surface area contributed by atoms with E-state index in [-0.39, 0.29) is 5.75 Å². The highest BCUT2D eigenvalue weighted by Gasteiger charge is 2.14. The summed E-state index contributed by atoms with van der Waals surface area (Å²) in [5.41, 5.74) is 7.31. The van der Waals surface area contributed by atoms with Gasteiger partial charge in [-0.15, -0.1) is 0 Å². The number of rotatable bonds is 8. The molecule has 2 rings (SSSR count). The van der Waals surface area contributed by atoms with Crippen molar-refractivity contribution in [2.75, 3.05) is 26.2 Å². The molecular weight excluding hydrogens is 286 g/mol. The van der Waals surface area contributed by atoms with Crippen molar-refractivity contribution in [3.05, 3.63) is 35.4 Å². The van der Waals surface area contributed by atoms with Crippen LogP contribution in [0.1, 0.15) is 30.4 Å². The van der Waals surface area contributed by atoms with Crippen LogP contribution >= 0.6 is 0 Å². The normalized spacial score (nSPS) is 16.4. The Morgan fingerprint density at radius 3 is 2.48 bits per heavy atom. The van der Waals surface area contributed by atoms with Crippen LogP contribution in [0.5, 0.6) is 0 Å². The Balaban J connectivity index is 1.78. The Hall–Kier alpha value is -0.950. The molecule has 0 saturated carbocycles. The van der Waals surface area contributed by atoms with Gasteiger partial charge in [0.05, 0.1) is 5.75 Å². The summed E-state index contributed by atoms with van der Waals surface area (Å²) in [5, 5.41) is 0. The van der Waals surface area contributed by atoms with E-state index in [0.717, 1.165) is 37.2 Å². The van der Waals surface area contributed by atoms with Crippen LogP contribution in [0.2, 0.25) is 0 Å². The average Bonchev–Trinajstić information content (AvgIpc) is 2.97. The van der Waals surface area contributed by atoms with Gasteiger partial charge in [-0.3, -0.25) is 0 Å². The van der Waals surface area contributed by atoms with Crippen molar-refractivity contribution in [2.45, 2.75) is 31.6 Å². The van der Waals surface area contributed by atoms with Crippen molar-refractivity contribution >= 4 is 10.0 Å². The molecule has 0 spiro atoms. The van der Waals surface area contributed by atoms with E-state index in [2.05, 4.69) is 9.62 Å². The van der Waals surface area contributed by atoms with Gasteiger partial charge in [-0.1, -0.05) is 24.3 Å². The SMILES string of the molecule is NCc1ccccc1CS(=O)(=O)NCCCN1CCCC1. The Morgan fingerprint density at radius 1 is 1.14 bits per heavy atom. The first-order valence-electron chi connectivity index (χ1n) is 7.57. The van der Waals surface area contributed by atoms with E-state index in [9.17, 15) is 8.42 Å². The average molecular weight is 311 g/mol. The highest BCUT2D eigenvalue weighted by Crippen LogP contribution is 2.11. The highest BCUT2D eigenvalue weighted by atomic mass is 32.2. The number of likely N-dealkylation sites (tertiary alicyclic amines) is 1. The first-order valence-corrected chi connectivity index (χ1v) is 9.22. The molecule has 1 aromatic carbocycles. The van der Waals surface area contributed by atoms with E-state index in [1.807, 2.05) is 24.3 Å². The fourth-order valence-corrected chi connectivity index (χ4v) is 3.94.